The highest BCUT2D eigenvalue weighted by atomic mass is 16.5. The van der Waals surface area contributed by atoms with E-state index in [-0.39, 0.29) is 19.6 Å². The maximum atomic E-state index is 11.2. The normalized spacial score (nSPS) is 9.72. The second-order valence-electron chi connectivity index (χ2n) is 3.21. The molecule has 0 aromatic rings. The predicted molar refractivity (Wildman–Crippen MR) is 58.2 cm³/mol. The second kappa shape index (κ2) is 8.01. The Morgan fingerprint density at radius 1 is 1.00 bits per heavy atom. The Morgan fingerprint density at radius 2 is 1.44 bits per heavy atom. The van der Waals surface area contributed by atoms with Gasteiger partial charge in [-0.15, -0.1) is 0 Å². The van der Waals surface area contributed by atoms with Crippen molar-refractivity contribution >= 4 is 23.9 Å². The summed E-state index contributed by atoms with van der Waals surface area (Å²) >= 11 is 0. The van der Waals surface area contributed by atoms with Crippen LogP contribution < -0.4 is 11.1 Å². The largest absolute Gasteiger partial charge is 0.468 e. The highest BCUT2D eigenvalue weighted by Gasteiger charge is 2.18. The fourth-order valence-electron chi connectivity index (χ4n) is 1.04. The number of rotatable bonds is 6. The number of nitrogens with zero attached hydrogens (tertiary/aromatic N) is 1. The van der Waals surface area contributed by atoms with Crippen molar-refractivity contribution in [1.82, 2.24) is 10.2 Å². The Labute approximate surface area is 103 Å². The third-order valence-electron chi connectivity index (χ3n) is 1.79. The molecule has 0 radical (unpaired) electrons. The van der Waals surface area contributed by atoms with Crippen LogP contribution in [0.4, 0.5) is 4.79 Å². The number of primary amides is 1. The molecule has 3 N–H and O–H groups in total. The average Bonchev–Trinajstić information content (AvgIpc) is 2.27. The van der Waals surface area contributed by atoms with Crippen molar-refractivity contribution in [3.8, 4) is 0 Å². The minimum atomic E-state index is -1.02. The van der Waals surface area contributed by atoms with E-state index in [9.17, 15) is 19.2 Å². The van der Waals surface area contributed by atoms with Crippen molar-refractivity contribution < 1.29 is 28.7 Å². The van der Waals surface area contributed by atoms with Crippen LogP contribution in [0.2, 0.25) is 0 Å². The number of amides is 3. The smallest absolute Gasteiger partial charge is 0.319 e. The Hall–Kier alpha value is -2.16. The molecule has 18 heavy (non-hydrogen) atoms. The lowest BCUT2D eigenvalue weighted by atomic mass is 10.4. The van der Waals surface area contributed by atoms with E-state index >= 15 is 0 Å². The molecule has 9 heteroatoms. The van der Waals surface area contributed by atoms with Gasteiger partial charge >= 0.3 is 18.0 Å². The van der Waals surface area contributed by atoms with E-state index in [1.165, 1.54) is 14.2 Å². The Bertz CT molecular complexity index is 325. The van der Waals surface area contributed by atoms with Crippen molar-refractivity contribution in [3.05, 3.63) is 0 Å². The summed E-state index contributed by atoms with van der Waals surface area (Å²) in [6.07, 6.45) is 0. The zero-order chi connectivity index (χ0) is 14.1. The molecule has 3 amide bonds. The lowest BCUT2D eigenvalue weighted by molar-refractivity contribution is -0.145. The zero-order valence-electron chi connectivity index (χ0n) is 10.1. The maximum Gasteiger partial charge on any atom is 0.319 e. The van der Waals surface area contributed by atoms with E-state index in [4.69, 9.17) is 5.73 Å². The number of nitrogens with two attached hydrogens (primary N) is 1. The number of imide groups is 1. The molecule has 0 unspecified atom stereocenters. The molecule has 0 spiro atoms. The molecule has 0 bridgehead atoms. The van der Waals surface area contributed by atoms with Crippen molar-refractivity contribution in [2.75, 3.05) is 33.9 Å². The molecule has 0 aromatic heterocycles. The second-order valence-corrected chi connectivity index (χ2v) is 3.21. The van der Waals surface area contributed by atoms with Gasteiger partial charge in [-0.3, -0.25) is 24.6 Å². The standard InChI is InChI=1S/C9H15N3O6/c1-17-7(14)4-12(5-8(15)18-2)3-6(13)11-9(10)16/h3-5H2,1-2H3,(H3,10,11,13,16). The van der Waals surface area contributed by atoms with Crippen LogP contribution in [-0.4, -0.2) is 62.6 Å². The van der Waals surface area contributed by atoms with Gasteiger partial charge in [-0.1, -0.05) is 0 Å². The molecule has 102 valence electrons. The van der Waals surface area contributed by atoms with Crippen molar-refractivity contribution in [2.24, 2.45) is 5.73 Å². The highest BCUT2D eigenvalue weighted by Crippen LogP contribution is 1.91. The molecular formula is C9H15N3O6. The van der Waals surface area contributed by atoms with Crippen LogP contribution in [0.5, 0.6) is 0 Å². The topological polar surface area (TPSA) is 128 Å². The Balaban J connectivity index is 4.45. The van der Waals surface area contributed by atoms with Crippen LogP contribution in [-0.2, 0) is 23.9 Å². The average molecular weight is 261 g/mol. The van der Waals surface area contributed by atoms with Gasteiger partial charge in [0.15, 0.2) is 0 Å². The van der Waals surface area contributed by atoms with Crippen LogP contribution in [0.1, 0.15) is 0 Å². The van der Waals surface area contributed by atoms with Gasteiger partial charge in [0.2, 0.25) is 5.91 Å². The summed E-state index contributed by atoms with van der Waals surface area (Å²) in [6, 6.07) is -1.02. The van der Waals surface area contributed by atoms with Crippen LogP contribution in [0, 0.1) is 0 Å². The molecule has 0 aliphatic heterocycles. The lowest BCUT2D eigenvalue weighted by Gasteiger charge is -2.18. The molecule has 0 fully saturated rings. The summed E-state index contributed by atoms with van der Waals surface area (Å²) in [4.78, 5) is 44.9. The molecule has 0 aliphatic rings. The minimum Gasteiger partial charge on any atom is -0.468 e. The van der Waals surface area contributed by atoms with Gasteiger partial charge in [0, 0.05) is 0 Å². The molecule has 0 saturated heterocycles. The summed E-state index contributed by atoms with van der Waals surface area (Å²) in [6.45, 7) is -0.956. The number of methoxy groups -OCH3 is 2. The summed E-state index contributed by atoms with van der Waals surface area (Å²) < 4.78 is 8.81. The third kappa shape index (κ3) is 7.17. The number of hydrogen-bond acceptors (Lipinski definition) is 7. The number of hydrogen-bond donors (Lipinski definition) is 2. The fraction of sp³-hybridized carbons (Fsp3) is 0.556. The summed E-state index contributed by atoms with van der Waals surface area (Å²) in [5.41, 5.74) is 4.75. The van der Waals surface area contributed by atoms with Crippen LogP contribution in [0.3, 0.4) is 0 Å². The molecule has 0 atom stereocenters. The van der Waals surface area contributed by atoms with Gasteiger partial charge in [0.1, 0.15) is 0 Å². The molecular weight excluding hydrogens is 246 g/mol. The fourth-order valence-corrected chi connectivity index (χ4v) is 1.04. The van der Waals surface area contributed by atoms with Crippen molar-refractivity contribution in [1.29, 1.82) is 0 Å². The van der Waals surface area contributed by atoms with E-state index in [1.807, 2.05) is 5.32 Å². The first-order chi connectivity index (χ1) is 8.38. The first kappa shape index (κ1) is 15.8. The van der Waals surface area contributed by atoms with Gasteiger partial charge < -0.3 is 15.2 Å². The number of esters is 2. The number of nitrogens with one attached hydrogen (secondary N) is 1. The predicted octanol–water partition coefficient (Wildman–Crippen LogP) is -2.17. The summed E-state index contributed by atoms with van der Waals surface area (Å²) in [5, 5.41) is 1.81. The van der Waals surface area contributed by atoms with Crippen molar-refractivity contribution in [2.45, 2.75) is 0 Å². The van der Waals surface area contributed by atoms with Crippen LogP contribution in [0.15, 0.2) is 0 Å². The van der Waals surface area contributed by atoms with E-state index in [1.54, 1.807) is 0 Å². The first-order valence-corrected chi connectivity index (χ1v) is 4.84. The number of carbonyl (C=O) groups excluding carboxylic acids is 4. The lowest BCUT2D eigenvalue weighted by Crippen LogP contribution is -2.45. The maximum absolute atomic E-state index is 11.2. The first-order valence-electron chi connectivity index (χ1n) is 4.84. The van der Waals surface area contributed by atoms with Crippen molar-refractivity contribution in [3.63, 3.8) is 0 Å². The summed E-state index contributed by atoms with van der Waals surface area (Å²) in [5.74, 6) is -2.01. The SMILES string of the molecule is COC(=O)CN(CC(=O)NC(N)=O)CC(=O)OC. The zero-order valence-corrected chi connectivity index (χ0v) is 10.1. The van der Waals surface area contributed by atoms with E-state index < -0.39 is 23.9 Å². The molecule has 0 heterocycles. The number of ether oxygens (including phenoxy) is 2. The third-order valence-corrected chi connectivity index (χ3v) is 1.79. The van der Waals surface area contributed by atoms with E-state index in [2.05, 4.69) is 9.47 Å². The highest BCUT2D eigenvalue weighted by molar-refractivity contribution is 5.94. The van der Waals surface area contributed by atoms with Gasteiger partial charge in [-0.2, -0.15) is 0 Å². The van der Waals surface area contributed by atoms with Gasteiger partial charge in [0.25, 0.3) is 0 Å². The Morgan fingerprint density at radius 3 is 1.78 bits per heavy atom. The summed E-state index contributed by atoms with van der Waals surface area (Å²) in [7, 11) is 2.34. The van der Waals surface area contributed by atoms with Gasteiger partial charge in [0.05, 0.1) is 33.9 Å². The number of urea groups is 1. The van der Waals surface area contributed by atoms with Gasteiger partial charge in [-0.25, -0.2) is 4.79 Å². The molecule has 0 rings (SSSR count). The molecule has 0 saturated carbocycles. The monoisotopic (exact) mass is 261 g/mol. The van der Waals surface area contributed by atoms with E-state index in [0.29, 0.717) is 0 Å². The number of carbonyl (C=O) groups is 4. The van der Waals surface area contributed by atoms with Crippen LogP contribution in [0.25, 0.3) is 0 Å². The Kier molecular flexibility index (Phi) is 7.05. The van der Waals surface area contributed by atoms with Gasteiger partial charge in [-0.05, 0) is 0 Å². The molecule has 9 nitrogen and oxygen atoms in total. The minimum absolute atomic E-state index is 0.294. The van der Waals surface area contributed by atoms with E-state index in [0.717, 1.165) is 4.90 Å². The molecule has 0 aromatic carbocycles. The van der Waals surface area contributed by atoms with Crippen LogP contribution >= 0.6 is 0 Å². The molecule has 0 aliphatic carbocycles. The quantitative estimate of drug-likeness (QED) is 0.520.